The third-order valence-corrected chi connectivity index (χ3v) is 6.71. The molecule has 0 radical (unpaired) electrons. The third kappa shape index (κ3) is 6.06. The van der Waals surface area contributed by atoms with Gasteiger partial charge in [-0.15, -0.1) is 11.3 Å². The third-order valence-electron chi connectivity index (χ3n) is 4.81. The summed E-state index contributed by atoms with van der Waals surface area (Å²) in [6, 6.07) is 23.6. The number of nitrogens with zero attached hydrogens (tertiary/aromatic N) is 2. The maximum Gasteiger partial charge on any atom is 0.339 e. The number of amides is 1. The molecular formula is C26H19N3O4S2. The van der Waals surface area contributed by atoms with E-state index in [0.717, 1.165) is 16.2 Å². The first-order valence-corrected chi connectivity index (χ1v) is 12.1. The van der Waals surface area contributed by atoms with Crippen molar-refractivity contribution in [1.82, 2.24) is 4.98 Å². The molecule has 4 aromatic rings. The van der Waals surface area contributed by atoms with Crippen LogP contribution in [0, 0.1) is 11.3 Å². The summed E-state index contributed by atoms with van der Waals surface area (Å²) in [7, 11) is 1.60. The minimum absolute atomic E-state index is 0.314. The highest BCUT2D eigenvalue weighted by atomic mass is 32.2. The van der Waals surface area contributed by atoms with Gasteiger partial charge in [-0.1, -0.05) is 36.0 Å². The second kappa shape index (κ2) is 11.3. The van der Waals surface area contributed by atoms with E-state index in [1.165, 1.54) is 23.1 Å². The molecule has 0 aliphatic carbocycles. The molecule has 7 nitrogen and oxygen atoms in total. The maximum atomic E-state index is 12.7. The average Bonchev–Trinajstić information content (AvgIpc) is 3.36. The summed E-state index contributed by atoms with van der Waals surface area (Å²) in [5.41, 5.74) is 2.43. The lowest BCUT2D eigenvalue weighted by atomic mass is 10.2. The lowest BCUT2D eigenvalue weighted by molar-refractivity contribution is -0.119. The van der Waals surface area contributed by atoms with Crippen molar-refractivity contribution in [3.8, 4) is 23.1 Å². The smallest absolute Gasteiger partial charge is 0.339 e. The second-order valence-electron chi connectivity index (χ2n) is 7.10. The van der Waals surface area contributed by atoms with Crippen molar-refractivity contribution in [3.63, 3.8) is 0 Å². The number of ether oxygens (including phenoxy) is 2. The molecule has 0 aliphatic rings. The monoisotopic (exact) mass is 501 g/mol. The molecule has 3 aromatic carbocycles. The maximum absolute atomic E-state index is 12.7. The van der Waals surface area contributed by atoms with Crippen LogP contribution in [0.2, 0.25) is 0 Å². The molecule has 0 aliphatic heterocycles. The number of methoxy groups -OCH3 is 1. The molecule has 1 amide bonds. The number of rotatable bonds is 8. The lowest BCUT2D eigenvalue weighted by Crippen LogP contribution is -2.21. The zero-order chi connectivity index (χ0) is 24.6. The Bertz CT molecular complexity index is 1390. The molecule has 1 aromatic heterocycles. The highest BCUT2D eigenvalue weighted by Crippen LogP contribution is 2.33. The van der Waals surface area contributed by atoms with Gasteiger partial charge in [0.05, 0.1) is 23.9 Å². The molecule has 1 N–H and O–H groups in total. The van der Waals surface area contributed by atoms with Crippen LogP contribution in [-0.4, -0.2) is 30.6 Å². The van der Waals surface area contributed by atoms with Crippen molar-refractivity contribution in [2.45, 2.75) is 9.79 Å². The van der Waals surface area contributed by atoms with Crippen molar-refractivity contribution in [2.75, 3.05) is 19.0 Å². The summed E-state index contributed by atoms with van der Waals surface area (Å²) in [6.07, 6.45) is 0. The number of benzene rings is 3. The molecule has 4 rings (SSSR count). The van der Waals surface area contributed by atoms with E-state index in [1.54, 1.807) is 43.5 Å². The molecule has 9 heteroatoms. The van der Waals surface area contributed by atoms with E-state index in [0.29, 0.717) is 26.8 Å². The number of aromatic nitrogens is 1. The van der Waals surface area contributed by atoms with Crippen LogP contribution in [0.5, 0.6) is 5.75 Å². The van der Waals surface area contributed by atoms with Gasteiger partial charge in [-0.2, -0.15) is 5.26 Å². The van der Waals surface area contributed by atoms with Gasteiger partial charge in [0, 0.05) is 20.7 Å². The van der Waals surface area contributed by atoms with Crippen LogP contribution in [0.15, 0.2) is 88.0 Å². The lowest BCUT2D eigenvalue weighted by Gasteiger charge is -2.10. The Morgan fingerprint density at radius 2 is 1.74 bits per heavy atom. The molecule has 0 atom stereocenters. The molecule has 0 unspecified atom stereocenters. The van der Waals surface area contributed by atoms with E-state index in [1.807, 2.05) is 41.8 Å². The van der Waals surface area contributed by atoms with Crippen LogP contribution >= 0.6 is 23.1 Å². The molecule has 0 spiro atoms. The summed E-state index contributed by atoms with van der Waals surface area (Å²) in [5, 5.41) is 14.2. The Hall–Kier alpha value is -4.13. The molecule has 0 fully saturated rings. The van der Waals surface area contributed by atoms with Crippen LogP contribution in [0.3, 0.4) is 0 Å². The highest BCUT2D eigenvalue weighted by molar-refractivity contribution is 7.99. The standard InChI is InChI=1S/C26H19N3O4S2/c1-32-19-12-10-17(11-13-19)21-16-34-26(28-21)29-24(30)15-33-25(31)20-7-3-5-9-23(20)35-22-8-4-2-6-18(22)14-27/h2-13,16H,15H2,1H3,(H,28,29,30). The Labute approximate surface area is 210 Å². The first-order chi connectivity index (χ1) is 17.1. The van der Waals surface area contributed by atoms with Gasteiger partial charge < -0.3 is 9.47 Å². The number of carbonyl (C=O) groups is 2. The molecule has 1 heterocycles. The molecular weight excluding hydrogens is 482 g/mol. The van der Waals surface area contributed by atoms with Gasteiger partial charge in [0.1, 0.15) is 11.8 Å². The number of nitriles is 1. The summed E-state index contributed by atoms with van der Waals surface area (Å²) in [5.74, 6) is -0.377. The Kier molecular flexibility index (Phi) is 7.77. The van der Waals surface area contributed by atoms with Crippen LogP contribution in [0.1, 0.15) is 15.9 Å². The number of esters is 1. The first kappa shape index (κ1) is 24.0. The SMILES string of the molecule is COc1ccc(-c2csc(NC(=O)COC(=O)c3ccccc3Sc3ccccc3C#N)n2)cc1. The van der Waals surface area contributed by atoms with Crippen molar-refractivity contribution >= 4 is 40.1 Å². The van der Waals surface area contributed by atoms with Crippen LogP contribution in [0.4, 0.5) is 5.13 Å². The highest BCUT2D eigenvalue weighted by Gasteiger charge is 2.17. The fourth-order valence-electron chi connectivity index (χ4n) is 3.08. The van der Waals surface area contributed by atoms with Gasteiger partial charge in [-0.3, -0.25) is 10.1 Å². The van der Waals surface area contributed by atoms with Gasteiger partial charge in [0.15, 0.2) is 11.7 Å². The van der Waals surface area contributed by atoms with E-state index in [9.17, 15) is 14.9 Å². The Balaban J connectivity index is 1.36. The van der Waals surface area contributed by atoms with E-state index in [2.05, 4.69) is 16.4 Å². The van der Waals surface area contributed by atoms with Gasteiger partial charge >= 0.3 is 5.97 Å². The van der Waals surface area contributed by atoms with Gasteiger partial charge in [-0.05, 0) is 48.5 Å². The molecule has 0 saturated heterocycles. The van der Waals surface area contributed by atoms with Gasteiger partial charge in [0.25, 0.3) is 5.91 Å². The minimum atomic E-state index is -0.629. The summed E-state index contributed by atoms with van der Waals surface area (Å²) < 4.78 is 10.4. The van der Waals surface area contributed by atoms with E-state index in [4.69, 9.17) is 9.47 Å². The first-order valence-electron chi connectivity index (χ1n) is 10.4. The van der Waals surface area contributed by atoms with E-state index >= 15 is 0 Å². The average molecular weight is 502 g/mol. The van der Waals surface area contributed by atoms with Crippen LogP contribution in [-0.2, 0) is 9.53 Å². The van der Waals surface area contributed by atoms with Crippen molar-refractivity contribution < 1.29 is 19.1 Å². The number of hydrogen-bond acceptors (Lipinski definition) is 8. The fraction of sp³-hybridized carbons (Fsp3) is 0.0769. The van der Waals surface area contributed by atoms with E-state index in [-0.39, 0.29) is 0 Å². The topological polar surface area (TPSA) is 101 Å². The number of anilines is 1. The summed E-state index contributed by atoms with van der Waals surface area (Å²) >= 11 is 2.57. The zero-order valence-corrected chi connectivity index (χ0v) is 20.2. The summed E-state index contributed by atoms with van der Waals surface area (Å²) in [4.78, 5) is 30.8. The largest absolute Gasteiger partial charge is 0.497 e. The van der Waals surface area contributed by atoms with Crippen molar-refractivity contribution in [2.24, 2.45) is 0 Å². The number of nitrogens with one attached hydrogen (secondary N) is 1. The van der Waals surface area contributed by atoms with Crippen LogP contribution < -0.4 is 10.1 Å². The van der Waals surface area contributed by atoms with Crippen LogP contribution in [0.25, 0.3) is 11.3 Å². The Morgan fingerprint density at radius 3 is 2.49 bits per heavy atom. The fourth-order valence-corrected chi connectivity index (χ4v) is 4.83. The normalized spacial score (nSPS) is 10.3. The minimum Gasteiger partial charge on any atom is -0.497 e. The molecule has 35 heavy (non-hydrogen) atoms. The predicted molar refractivity (Wildman–Crippen MR) is 135 cm³/mol. The molecule has 0 bridgehead atoms. The number of thiazole rings is 1. The number of carbonyl (C=O) groups excluding carboxylic acids is 2. The molecule has 174 valence electrons. The van der Waals surface area contributed by atoms with Gasteiger partial charge in [-0.25, -0.2) is 9.78 Å². The quantitative estimate of drug-likeness (QED) is 0.312. The van der Waals surface area contributed by atoms with Crippen molar-refractivity contribution in [3.05, 3.63) is 89.3 Å². The van der Waals surface area contributed by atoms with Crippen molar-refractivity contribution in [1.29, 1.82) is 5.26 Å². The van der Waals surface area contributed by atoms with E-state index < -0.39 is 18.5 Å². The zero-order valence-electron chi connectivity index (χ0n) is 18.6. The molecule has 0 saturated carbocycles. The Morgan fingerprint density at radius 1 is 1.03 bits per heavy atom. The summed E-state index contributed by atoms with van der Waals surface area (Å²) in [6.45, 7) is -0.454. The van der Waals surface area contributed by atoms with Gasteiger partial charge in [0.2, 0.25) is 0 Å². The number of hydrogen-bond donors (Lipinski definition) is 1. The predicted octanol–water partition coefficient (Wildman–Crippen LogP) is 5.64. The second-order valence-corrected chi connectivity index (χ2v) is 9.04.